The molecule has 100 valence electrons. The first-order valence-electron chi connectivity index (χ1n) is 6.65. The number of rotatable bonds is 4. The second kappa shape index (κ2) is 6.36. The molecule has 1 fully saturated rings. The lowest BCUT2D eigenvalue weighted by molar-refractivity contribution is -0.135. The molecule has 1 rings (SSSR count). The Labute approximate surface area is 105 Å². The van der Waals surface area contributed by atoms with Crippen LogP contribution in [0.1, 0.15) is 33.6 Å². The molecular weight excluding hydrogens is 214 g/mol. The standard InChI is InChI=1S/C13H27N3O/c1-10(7-14)5-6-13(17)16-8-11(2)15(4)12(3)9-16/h10-12H,5-9,14H2,1-4H3. The van der Waals surface area contributed by atoms with Crippen LogP contribution >= 0.6 is 0 Å². The summed E-state index contributed by atoms with van der Waals surface area (Å²) >= 11 is 0. The highest BCUT2D eigenvalue weighted by atomic mass is 16.2. The van der Waals surface area contributed by atoms with Gasteiger partial charge in [-0.1, -0.05) is 6.92 Å². The molecule has 4 heteroatoms. The van der Waals surface area contributed by atoms with Crippen LogP contribution in [0.3, 0.4) is 0 Å². The van der Waals surface area contributed by atoms with E-state index < -0.39 is 0 Å². The Morgan fingerprint density at radius 1 is 1.35 bits per heavy atom. The summed E-state index contributed by atoms with van der Waals surface area (Å²) in [7, 11) is 2.13. The first-order valence-corrected chi connectivity index (χ1v) is 6.65. The summed E-state index contributed by atoms with van der Waals surface area (Å²) in [6, 6.07) is 0.907. The van der Waals surface area contributed by atoms with Crippen molar-refractivity contribution in [3.8, 4) is 0 Å². The van der Waals surface area contributed by atoms with Crippen molar-refractivity contribution in [3.63, 3.8) is 0 Å². The fourth-order valence-electron chi connectivity index (χ4n) is 2.25. The van der Waals surface area contributed by atoms with E-state index in [-0.39, 0.29) is 5.91 Å². The molecule has 3 atom stereocenters. The molecule has 1 aliphatic heterocycles. The Morgan fingerprint density at radius 2 is 1.88 bits per heavy atom. The summed E-state index contributed by atoms with van der Waals surface area (Å²) in [6.45, 7) is 8.84. The topological polar surface area (TPSA) is 49.6 Å². The third-order valence-electron chi connectivity index (χ3n) is 3.97. The Kier molecular flexibility index (Phi) is 5.40. The van der Waals surface area contributed by atoms with Gasteiger partial charge in [0.05, 0.1) is 0 Å². The summed E-state index contributed by atoms with van der Waals surface area (Å²) in [5, 5.41) is 0. The molecule has 0 radical (unpaired) electrons. The van der Waals surface area contributed by atoms with E-state index in [2.05, 4.69) is 32.7 Å². The molecule has 0 spiro atoms. The van der Waals surface area contributed by atoms with Crippen molar-refractivity contribution in [1.29, 1.82) is 0 Å². The number of likely N-dealkylation sites (N-methyl/N-ethyl adjacent to an activating group) is 1. The van der Waals surface area contributed by atoms with E-state index >= 15 is 0 Å². The predicted octanol–water partition coefficient (Wildman–Crippen LogP) is 0.912. The van der Waals surface area contributed by atoms with E-state index in [1.165, 1.54) is 0 Å². The lowest BCUT2D eigenvalue weighted by Crippen LogP contribution is -2.56. The van der Waals surface area contributed by atoms with Crippen molar-refractivity contribution in [2.45, 2.75) is 45.7 Å². The quantitative estimate of drug-likeness (QED) is 0.796. The van der Waals surface area contributed by atoms with Gasteiger partial charge in [-0.15, -0.1) is 0 Å². The molecule has 3 unspecified atom stereocenters. The van der Waals surface area contributed by atoms with Crippen molar-refractivity contribution >= 4 is 5.91 Å². The number of nitrogens with zero attached hydrogens (tertiary/aromatic N) is 2. The van der Waals surface area contributed by atoms with Crippen LogP contribution in [0.25, 0.3) is 0 Å². The Morgan fingerprint density at radius 3 is 2.35 bits per heavy atom. The van der Waals surface area contributed by atoms with Crippen LogP contribution in [0.15, 0.2) is 0 Å². The SMILES string of the molecule is CC(CN)CCC(=O)N1CC(C)N(C)C(C)C1. The summed E-state index contributed by atoms with van der Waals surface area (Å²) in [4.78, 5) is 16.4. The van der Waals surface area contributed by atoms with E-state index in [9.17, 15) is 4.79 Å². The Bertz CT molecular complexity index is 245. The number of amides is 1. The third kappa shape index (κ3) is 3.96. The Hall–Kier alpha value is -0.610. The van der Waals surface area contributed by atoms with Gasteiger partial charge in [0.15, 0.2) is 0 Å². The van der Waals surface area contributed by atoms with Gasteiger partial charge in [0.2, 0.25) is 5.91 Å². The van der Waals surface area contributed by atoms with Gasteiger partial charge in [0.1, 0.15) is 0 Å². The number of nitrogens with two attached hydrogens (primary N) is 1. The van der Waals surface area contributed by atoms with Crippen LogP contribution in [0.4, 0.5) is 0 Å². The minimum atomic E-state index is 0.289. The third-order valence-corrected chi connectivity index (χ3v) is 3.97. The van der Waals surface area contributed by atoms with Gasteiger partial charge in [0.25, 0.3) is 0 Å². The van der Waals surface area contributed by atoms with Crippen LogP contribution in [-0.4, -0.2) is 54.5 Å². The second-order valence-electron chi connectivity index (χ2n) is 5.54. The highest BCUT2D eigenvalue weighted by molar-refractivity contribution is 5.76. The van der Waals surface area contributed by atoms with E-state index in [4.69, 9.17) is 5.73 Å². The smallest absolute Gasteiger partial charge is 0.222 e. The van der Waals surface area contributed by atoms with Gasteiger partial charge in [0, 0.05) is 31.6 Å². The Balaban J connectivity index is 2.42. The molecule has 17 heavy (non-hydrogen) atoms. The molecule has 0 bridgehead atoms. The van der Waals surface area contributed by atoms with Crippen LogP contribution in [-0.2, 0) is 4.79 Å². The van der Waals surface area contributed by atoms with E-state index in [0.29, 0.717) is 31.0 Å². The molecule has 1 amide bonds. The molecular formula is C13H27N3O. The van der Waals surface area contributed by atoms with Crippen molar-refractivity contribution in [2.75, 3.05) is 26.7 Å². The molecule has 0 saturated carbocycles. The van der Waals surface area contributed by atoms with Crippen LogP contribution in [0, 0.1) is 5.92 Å². The van der Waals surface area contributed by atoms with E-state index in [1.807, 2.05) is 4.90 Å². The first kappa shape index (κ1) is 14.5. The number of hydrogen-bond donors (Lipinski definition) is 1. The van der Waals surface area contributed by atoms with Crippen molar-refractivity contribution in [1.82, 2.24) is 9.80 Å². The maximum absolute atomic E-state index is 12.1. The van der Waals surface area contributed by atoms with Crippen LogP contribution < -0.4 is 5.73 Å². The van der Waals surface area contributed by atoms with Gasteiger partial charge >= 0.3 is 0 Å². The number of carbonyl (C=O) groups is 1. The lowest BCUT2D eigenvalue weighted by Gasteiger charge is -2.42. The molecule has 1 heterocycles. The van der Waals surface area contributed by atoms with Crippen molar-refractivity contribution < 1.29 is 4.79 Å². The second-order valence-corrected chi connectivity index (χ2v) is 5.54. The number of carbonyl (C=O) groups excluding carboxylic acids is 1. The van der Waals surface area contributed by atoms with Crippen LogP contribution in [0.2, 0.25) is 0 Å². The maximum atomic E-state index is 12.1. The van der Waals surface area contributed by atoms with Crippen molar-refractivity contribution in [3.05, 3.63) is 0 Å². The highest BCUT2D eigenvalue weighted by Gasteiger charge is 2.28. The van der Waals surface area contributed by atoms with Crippen LogP contribution in [0.5, 0.6) is 0 Å². The molecule has 1 saturated heterocycles. The number of hydrogen-bond acceptors (Lipinski definition) is 3. The predicted molar refractivity (Wildman–Crippen MR) is 70.7 cm³/mol. The first-order chi connectivity index (χ1) is 7.95. The zero-order valence-electron chi connectivity index (χ0n) is 11.6. The average Bonchev–Trinajstić information content (AvgIpc) is 2.31. The summed E-state index contributed by atoms with van der Waals surface area (Å²) in [5.74, 6) is 0.735. The van der Waals surface area contributed by atoms with Gasteiger partial charge in [-0.05, 0) is 39.8 Å². The summed E-state index contributed by atoms with van der Waals surface area (Å²) in [5.41, 5.74) is 5.57. The minimum absolute atomic E-state index is 0.289. The zero-order chi connectivity index (χ0) is 13.0. The molecule has 1 aliphatic rings. The van der Waals surface area contributed by atoms with Gasteiger partial charge in [-0.2, -0.15) is 0 Å². The highest BCUT2D eigenvalue weighted by Crippen LogP contribution is 2.15. The molecule has 0 aromatic rings. The van der Waals surface area contributed by atoms with Gasteiger partial charge < -0.3 is 10.6 Å². The van der Waals surface area contributed by atoms with E-state index in [0.717, 1.165) is 19.5 Å². The maximum Gasteiger partial charge on any atom is 0.222 e. The van der Waals surface area contributed by atoms with Gasteiger partial charge in [-0.3, -0.25) is 9.69 Å². The molecule has 0 aliphatic carbocycles. The van der Waals surface area contributed by atoms with Crippen molar-refractivity contribution in [2.24, 2.45) is 11.7 Å². The monoisotopic (exact) mass is 241 g/mol. The molecule has 2 N–H and O–H groups in total. The summed E-state index contributed by atoms with van der Waals surface area (Å²) < 4.78 is 0. The zero-order valence-corrected chi connectivity index (χ0v) is 11.6. The summed E-state index contributed by atoms with van der Waals surface area (Å²) in [6.07, 6.45) is 1.55. The average molecular weight is 241 g/mol. The van der Waals surface area contributed by atoms with E-state index in [1.54, 1.807) is 0 Å². The molecule has 0 aromatic heterocycles. The van der Waals surface area contributed by atoms with Gasteiger partial charge in [-0.25, -0.2) is 0 Å². The fraction of sp³-hybridized carbons (Fsp3) is 0.923. The fourth-order valence-corrected chi connectivity index (χ4v) is 2.25. The number of piperazine rings is 1. The minimum Gasteiger partial charge on any atom is -0.340 e. The molecule has 4 nitrogen and oxygen atoms in total. The lowest BCUT2D eigenvalue weighted by atomic mass is 10.0. The molecule has 0 aromatic carbocycles. The largest absolute Gasteiger partial charge is 0.340 e. The normalized spacial score (nSPS) is 28.2.